The lowest BCUT2D eigenvalue weighted by Crippen LogP contribution is -2.42. The van der Waals surface area contributed by atoms with Crippen molar-refractivity contribution in [1.82, 2.24) is 14.9 Å². The number of hydrogen-bond acceptors (Lipinski definition) is 5. The lowest BCUT2D eigenvalue weighted by atomic mass is 9.73. The predicted octanol–water partition coefficient (Wildman–Crippen LogP) is 2.96. The quantitative estimate of drug-likeness (QED) is 0.731. The second-order valence-electron chi connectivity index (χ2n) is 7.47. The molecule has 1 fully saturated rings. The van der Waals surface area contributed by atoms with E-state index in [1.807, 2.05) is 36.4 Å². The smallest absolute Gasteiger partial charge is 0.259 e. The molecule has 2 atom stereocenters. The van der Waals surface area contributed by atoms with Gasteiger partial charge in [-0.15, -0.1) is 0 Å². The summed E-state index contributed by atoms with van der Waals surface area (Å²) in [5, 5.41) is 3.02. The number of nitrogens with one attached hydrogen (secondary N) is 1. The van der Waals surface area contributed by atoms with Crippen LogP contribution in [0.1, 0.15) is 33.9 Å². The molecule has 2 aliphatic rings. The van der Waals surface area contributed by atoms with Crippen molar-refractivity contribution in [2.24, 2.45) is 0 Å². The minimum atomic E-state index is -0.870. The number of carbonyl (C=O) groups is 2. The van der Waals surface area contributed by atoms with Crippen LogP contribution in [0.15, 0.2) is 67.1 Å². The van der Waals surface area contributed by atoms with Crippen LogP contribution in [0, 0.1) is 0 Å². The number of aromatic nitrogens is 2. The molecule has 2 amide bonds. The van der Waals surface area contributed by atoms with Crippen LogP contribution in [0.3, 0.4) is 0 Å². The maximum Gasteiger partial charge on any atom is 0.259 e. The predicted molar refractivity (Wildman–Crippen MR) is 110 cm³/mol. The van der Waals surface area contributed by atoms with E-state index in [-0.39, 0.29) is 17.7 Å². The molecule has 2 unspecified atom stereocenters. The Morgan fingerprint density at radius 2 is 2.00 bits per heavy atom. The monoisotopic (exact) mass is 400 g/mol. The molecule has 2 aliphatic heterocycles. The zero-order valence-corrected chi connectivity index (χ0v) is 16.4. The average molecular weight is 400 g/mol. The molecule has 7 nitrogen and oxygen atoms in total. The number of anilines is 1. The molecule has 7 heteroatoms. The summed E-state index contributed by atoms with van der Waals surface area (Å²) in [5.41, 5.74) is 2.03. The fraction of sp³-hybridized carbons (Fsp3) is 0.217. The van der Waals surface area contributed by atoms with E-state index in [1.165, 1.54) is 7.11 Å². The molecule has 1 saturated heterocycles. The molecular weight excluding hydrogens is 380 g/mol. The molecule has 5 rings (SSSR count). The average Bonchev–Trinajstić information content (AvgIpc) is 3.33. The highest BCUT2D eigenvalue weighted by molar-refractivity contribution is 6.08. The van der Waals surface area contributed by atoms with Gasteiger partial charge in [0.05, 0.1) is 13.2 Å². The van der Waals surface area contributed by atoms with Gasteiger partial charge in [0.2, 0.25) is 11.8 Å². The fourth-order valence-corrected chi connectivity index (χ4v) is 4.78. The Kier molecular flexibility index (Phi) is 4.24. The number of ether oxygens (including phenoxy) is 1. The first-order valence-corrected chi connectivity index (χ1v) is 9.77. The first-order chi connectivity index (χ1) is 14.7. The van der Waals surface area contributed by atoms with Crippen LogP contribution in [-0.4, -0.2) is 40.3 Å². The molecule has 1 aromatic carbocycles. The van der Waals surface area contributed by atoms with E-state index in [0.717, 1.165) is 16.8 Å². The standard InChI is InChI=1S/C23H20N4O3/c1-30-20-16(7-5-12-25-20)21(28)27-13-10-23(19(27)15-6-4-11-24-14-15)17-8-2-3-9-18(17)26-22(23)29/h2-9,11-12,14,19H,10,13H2,1H3,(H,26,29). The van der Waals surface area contributed by atoms with Gasteiger partial charge in [0.25, 0.3) is 5.91 Å². The number of rotatable bonds is 3. The highest BCUT2D eigenvalue weighted by Crippen LogP contribution is 2.54. The highest BCUT2D eigenvalue weighted by Gasteiger charge is 2.59. The van der Waals surface area contributed by atoms with Crippen LogP contribution in [0.25, 0.3) is 0 Å². The minimum absolute atomic E-state index is 0.0917. The Hall–Kier alpha value is -3.74. The molecule has 1 N–H and O–H groups in total. The van der Waals surface area contributed by atoms with E-state index < -0.39 is 11.5 Å². The summed E-state index contributed by atoms with van der Waals surface area (Å²) in [6.07, 6.45) is 5.51. The minimum Gasteiger partial charge on any atom is -0.480 e. The summed E-state index contributed by atoms with van der Waals surface area (Å²) < 4.78 is 5.31. The number of nitrogens with zero attached hydrogens (tertiary/aromatic N) is 3. The summed E-state index contributed by atoms with van der Waals surface area (Å²) in [7, 11) is 1.49. The summed E-state index contributed by atoms with van der Waals surface area (Å²) in [6.45, 7) is 0.429. The van der Waals surface area contributed by atoms with Crippen molar-refractivity contribution in [3.63, 3.8) is 0 Å². The molecule has 30 heavy (non-hydrogen) atoms. The van der Waals surface area contributed by atoms with Gasteiger partial charge in [0.15, 0.2) is 0 Å². The van der Waals surface area contributed by atoms with Crippen LogP contribution in [0.5, 0.6) is 5.88 Å². The number of hydrogen-bond donors (Lipinski definition) is 1. The topological polar surface area (TPSA) is 84.4 Å². The van der Waals surface area contributed by atoms with Crippen molar-refractivity contribution in [3.05, 3.63) is 83.8 Å². The second-order valence-corrected chi connectivity index (χ2v) is 7.47. The Balaban J connectivity index is 1.67. The van der Waals surface area contributed by atoms with Crippen LogP contribution >= 0.6 is 0 Å². The van der Waals surface area contributed by atoms with Gasteiger partial charge in [0, 0.05) is 30.8 Å². The summed E-state index contributed by atoms with van der Waals surface area (Å²) in [6, 6.07) is 14.3. The highest BCUT2D eigenvalue weighted by atomic mass is 16.5. The molecule has 3 aromatic rings. The number of benzene rings is 1. The van der Waals surface area contributed by atoms with Gasteiger partial charge in [-0.1, -0.05) is 24.3 Å². The normalized spacial score (nSPS) is 22.1. The van der Waals surface area contributed by atoms with Crippen LogP contribution < -0.4 is 10.1 Å². The van der Waals surface area contributed by atoms with Crippen molar-refractivity contribution < 1.29 is 14.3 Å². The summed E-state index contributed by atoms with van der Waals surface area (Å²) >= 11 is 0. The molecule has 1 spiro atoms. The largest absolute Gasteiger partial charge is 0.480 e. The Labute approximate surface area is 173 Å². The van der Waals surface area contributed by atoms with Crippen molar-refractivity contribution in [3.8, 4) is 5.88 Å². The number of pyridine rings is 2. The lowest BCUT2D eigenvalue weighted by molar-refractivity contribution is -0.121. The van der Waals surface area contributed by atoms with Crippen molar-refractivity contribution in [1.29, 1.82) is 0 Å². The van der Waals surface area contributed by atoms with Crippen molar-refractivity contribution in [2.45, 2.75) is 17.9 Å². The van der Waals surface area contributed by atoms with Crippen molar-refractivity contribution in [2.75, 3.05) is 19.0 Å². The molecule has 150 valence electrons. The Morgan fingerprint density at radius 1 is 1.17 bits per heavy atom. The zero-order chi connectivity index (χ0) is 20.7. The molecule has 0 aliphatic carbocycles. The van der Waals surface area contributed by atoms with Gasteiger partial charge >= 0.3 is 0 Å². The van der Waals surface area contributed by atoms with Gasteiger partial charge in [-0.3, -0.25) is 14.6 Å². The first kappa shape index (κ1) is 18.3. The van der Waals surface area contributed by atoms with E-state index in [2.05, 4.69) is 15.3 Å². The molecule has 4 heterocycles. The second kappa shape index (κ2) is 6.95. The van der Waals surface area contributed by atoms with Gasteiger partial charge in [-0.05, 0) is 41.8 Å². The first-order valence-electron chi connectivity index (χ1n) is 9.77. The Bertz CT molecular complexity index is 1130. The van der Waals surface area contributed by atoms with Gasteiger partial charge in [-0.25, -0.2) is 4.98 Å². The molecule has 2 aromatic heterocycles. The van der Waals surface area contributed by atoms with E-state index >= 15 is 0 Å². The fourth-order valence-electron chi connectivity index (χ4n) is 4.78. The maximum atomic E-state index is 13.6. The summed E-state index contributed by atoms with van der Waals surface area (Å²) in [5.74, 6) is -0.0430. The SMILES string of the molecule is COc1ncccc1C(=O)N1CCC2(C(=O)Nc3ccccc32)C1c1cccnc1. The third-order valence-corrected chi connectivity index (χ3v) is 6.04. The number of likely N-dealkylation sites (tertiary alicyclic amines) is 1. The van der Waals surface area contributed by atoms with E-state index in [4.69, 9.17) is 4.74 Å². The number of fused-ring (bicyclic) bond motifs is 2. The van der Waals surface area contributed by atoms with Gasteiger partial charge < -0.3 is 15.0 Å². The molecule has 0 saturated carbocycles. The van der Waals surface area contributed by atoms with E-state index in [9.17, 15) is 9.59 Å². The third kappa shape index (κ3) is 2.51. The lowest BCUT2D eigenvalue weighted by Gasteiger charge is -2.34. The number of para-hydroxylation sites is 1. The molecule has 0 radical (unpaired) electrons. The Morgan fingerprint density at radius 3 is 2.80 bits per heavy atom. The zero-order valence-electron chi connectivity index (χ0n) is 16.4. The number of carbonyl (C=O) groups excluding carboxylic acids is 2. The van der Waals surface area contributed by atoms with Gasteiger partial charge in [-0.2, -0.15) is 0 Å². The number of amides is 2. The van der Waals surface area contributed by atoms with Crippen LogP contribution in [0.4, 0.5) is 5.69 Å². The summed E-state index contributed by atoms with van der Waals surface area (Å²) in [4.78, 5) is 37.2. The molecule has 0 bridgehead atoms. The van der Waals surface area contributed by atoms with E-state index in [0.29, 0.717) is 18.5 Å². The van der Waals surface area contributed by atoms with Crippen molar-refractivity contribution >= 4 is 17.5 Å². The number of methoxy groups -OCH3 is 1. The maximum absolute atomic E-state index is 13.6. The van der Waals surface area contributed by atoms with Crippen LogP contribution in [0.2, 0.25) is 0 Å². The molecular formula is C23H20N4O3. The van der Waals surface area contributed by atoms with Gasteiger partial charge in [0.1, 0.15) is 11.0 Å². The third-order valence-electron chi connectivity index (χ3n) is 6.04. The van der Waals surface area contributed by atoms with Crippen LogP contribution in [-0.2, 0) is 10.2 Å². The van der Waals surface area contributed by atoms with E-state index in [1.54, 1.807) is 35.6 Å².